The molecule has 0 spiro atoms. The third-order valence-corrected chi connectivity index (χ3v) is 4.93. The Morgan fingerprint density at radius 1 is 1.47 bits per heavy atom. The Hall–Kier alpha value is -1.51. The highest BCUT2D eigenvalue weighted by molar-refractivity contribution is 7.89. The van der Waals surface area contributed by atoms with Gasteiger partial charge in [0, 0.05) is 17.3 Å². The molecule has 2 aromatic rings. The molecule has 0 bridgehead atoms. The molecule has 1 heterocycles. The van der Waals surface area contributed by atoms with Gasteiger partial charge in [-0.3, -0.25) is 0 Å². The number of sulfonamides is 1. The second kappa shape index (κ2) is 5.24. The number of halogens is 1. The van der Waals surface area contributed by atoms with Gasteiger partial charge in [0.1, 0.15) is 15.7 Å². The molecule has 0 radical (unpaired) electrons. The highest BCUT2D eigenvalue weighted by Crippen LogP contribution is 2.21. The van der Waals surface area contributed by atoms with Crippen molar-refractivity contribution in [1.82, 2.24) is 9.71 Å². The summed E-state index contributed by atoms with van der Waals surface area (Å²) in [5, 5.41) is 2.35. The first kappa shape index (κ1) is 13.9. The van der Waals surface area contributed by atoms with Crippen LogP contribution in [0.3, 0.4) is 0 Å². The second-order valence-corrected chi connectivity index (χ2v) is 6.51. The number of nitrogens with zero attached hydrogens (tertiary/aromatic N) is 1. The molecular formula is C11H12FN3O2S2. The fourth-order valence-corrected chi connectivity index (χ4v) is 3.52. The van der Waals surface area contributed by atoms with Crippen molar-refractivity contribution in [3.63, 3.8) is 0 Å². The molecule has 1 aromatic carbocycles. The number of nitrogens with two attached hydrogens (primary N) is 1. The number of nitrogens with one attached hydrogen (secondary N) is 1. The van der Waals surface area contributed by atoms with E-state index in [1.165, 1.54) is 17.4 Å². The van der Waals surface area contributed by atoms with E-state index in [-0.39, 0.29) is 5.69 Å². The van der Waals surface area contributed by atoms with Crippen molar-refractivity contribution >= 4 is 27.0 Å². The average molecular weight is 301 g/mol. The smallest absolute Gasteiger partial charge is 0.244 e. The van der Waals surface area contributed by atoms with Crippen LogP contribution in [0, 0.1) is 5.82 Å². The second-order valence-electron chi connectivity index (χ2n) is 3.90. The van der Waals surface area contributed by atoms with Gasteiger partial charge in [-0.25, -0.2) is 22.5 Å². The molecule has 19 heavy (non-hydrogen) atoms. The van der Waals surface area contributed by atoms with Crippen LogP contribution < -0.4 is 10.5 Å². The highest BCUT2D eigenvalue weighted by Gasteiger charge is 2.22. The molecule has 5 nitrogen and oxygen atoms in total. The van der Waals surface area contributed by atoms with Crippen LogP contribution in [0.1, 0.15) is 18.0 Å². The predicted molar refractivity (Wildman–Crippen MR) is 71.7 cm³/mol. The van der Waals surface area contributed by atoms with E-state index in [0.717, 1.165) is 12.1 Å². The summed E-state index contributed by atoms with van der Waals surface area (Å²) in [6, 6.07) is 2.93. The van der Waals surface area contributed by atoms with Crippen LogP contribution in [-0.2, 0) is 10.0 Å². The van der Waals surface area contributed by atoms with Crippen LogP contribution in [0.5, 0.6) is 0 Å². The Balaban J connectivity index is 2.28. The molecule has 8 heteroatoms. The third-order valence-electron chi connectivity index (χ3n) is 2.40. The molecule has 0 aliphatic carbocycles. The van der Waals surface area contributed by atoms with Crippen LogP contribution in [0.2, 0.25) is 0 Å². The van der Waals surface area contributed by atoms with E-state index in [0.29, 0.717) is 5.01 Å². The molecule has 0 amide bonds. The summed E-state index contributed by atoms with van der Waals surface area (Å²) in [6.45, 7) is 1.64. The molecule has 1 atom stereocenters. The zero-order valence-corrected chi connectivity index (χ0v) is 11.6. The lowest BCUT2D eigenvalue weighted by molar-refractivity contribution is 0.547. The van der Waals surface area contributed by atoms with Gasteiger partial charge in [0.2, 0.25) is 10.0 Å². The number of anilines is 1. The lowest BCUT2D eigenvalue weighted by Crippen LogP contribution is -2.27. The number of benzene rings is 1. The molecule has 0 saturated heterocycles. The van der Waals surface area contributed by atoms with Crippen LogP contribution >= 0.6 is 11.3 Å². The van der Waals surface area contributed by atoms with Crippen molar-refractivity contribution in [2.75, 3.05) is 5.73 Å². The highest BCUT2D eigenvalue weighted by atomic mass is 32.2. The van der Waals surface area contributed by atoms with Crippen LogP contribution in [0.15, 0.2) is 34.7 Å². The standard InChI is InChI=1S/C11H12FN3O2S2/c1-7(11-14-4-5-18-11)15-19(16,17)10-3-2-8(13)6-9(10)12/h2-7,15H,13H2,1H3. The van der Waals surface area contributed by atoms with Crippen molar-refractivity contribution in [2.45, 2.75) is 17.9 Å². The first-order valence-corrected chi connectivity index (χ1v) is 7.73. The van der Waals surface area contributed by atoms with Crippen LogP contribution in [-0.4, -0.2) is 13.4 Å². The van der Waals surface area contributed by atoms with E-state index in [1.54, 1.807) is 18.5 Å². The van der Waals surface area contributed by atoms with Crippen molar-refractivity contribution in [3.05, 3.63) is 40.6 Å². The topological polar surface area (TPSA) is 85.1 Å². The maximum Gasteiger partial charge on any atom is 0.244 e. The molecule has 3 N–H and O–H groups in total. The number of nitrogen functional groups attached to an aromatic ring is 1. The Morgan fingerprint density at radius 3 is 2.79 bits per heavy atom. The van der Waals surface area contributed by atoms with Crippen molar-refractivity contribution in [2.24, 2.45) is 0 Å². The summed E-state index contributed by atoms with van der Waals surface area (Å²) in [5.41, 5.74) is 5.56. The molecule has 1 aromatic heterocycles. The molecular weight excluding hydrogens is 289 g/mol. The van der Waals surface area contributed by atoms with Crippen LogP contribution in [0.4, 0.5) is 10.1 Å². The minimum atomic E-state index is -3.95. The largest absolute Gasteiger partial charge is 0.399 e. The SMILES string of the molecule is CC(NS(=O)(=O)c1ccc(N)cc1F)c1nccs1. The Morgan fingerprint density at radius 2 is 2.21 bits per heavy atom. The number of thiazole rings is 1. The van der Waals surface area contributed by atoms with Crippen molar-refractivity contribution in [3.8, 4) is 0 Å². The van der Waals surface area contributed by atoms with E-state index >= 15 is 0 Å². The maximum atomic E-state index is 13.6. The van der Waals surface area contributed by atoms with Crippen molar-refractivity contribution in [1.29, 1.82) is 0 Å². The Labute approximate surface area is 114 Å². The first-order chi connectivity index (χ1) is 8.90. The molecule has 0 saturated carbocycles. The fraction of sp³-hybridized carbons (Fsp3) is 0.182. The van der Waals surface area contributed by atoms with Gasteiger partial charge in [-0.1, -0.05) is 0 Å². The monoisotopic (exact) mass is 301 g/mol. The average Bonchev–Trinajstić information content (AvgIpc) is 2.80. The number of aromatic nitrogens is 1. The van der Waals surface area contributed by atoms with E-state index in [9.17, 15) is 12.8 Å². The summed E-state index contributed by atoms with van der Waals surface area (Å²) < 4.78 is 40.1. The molecule has 1 unspecified atom stereocenters. The zero-order valence-electron chi connectivity index (χ0n) is 10.00. The lowest BCUT2D eigenvalue weighted by Gasteiger charge is -2.12. The maximum absolute atomic E-state index is 13.6. The first-order valence-electron chi connectivity index (χ1n) is 5.37. The van der Waals surface area contributed by atoms with E-state index in [2.05, 4.69) is 9.71 Å². The van der Waals surface area contributed by atoms with Gasteiger partial charge in [-0.15, -0.1) is 11.3 Å². The molecule has 0 aliphatic rings. The number of hydrogen-bond acceptors (Lipinski definition) is 5. The molecule has 0 aliphatic heterocycles. The minimum Gasteiger partial charge on any atom is -0.399 e. The lowest BCUT2D eigenvalue weighted by atomic mass is 10.3. The normalized spacial score (nSPS) is 13.4. The van der Waals surface area contributed by atoms with E-state index in [4.69, 9.17) is 5.73 Å². The summed E-state index contributed by atoms with van der Waals surface area (Å²) in [5.74, 6) is -0.876. The summed E-state index contributed by atoms with van der Waals surface area (Å²) in [6.07, 6.45) is 1.58. The number of hydrogen-bond donors (Lipinski definition) is 2. The van der Waals surface area contributed by atoms with Crippen LogP contribution in [0.25, 0.3) is 0 Å². The van der Waals surface area contributed by atoms with Crippen molar-refractivity contribution < 1.29 is 12.8 Å². The summed E-state index contributed by atoms with van der Waals surface area (Å²) in [4.78, 5) is 3.58. The third kappa shape index (κ3) is 3.09. The predicted octanol–water partition coefficient (Wildman–Crippen LogP) is 1.90. The van der Waals surface area contributed by atoms with Gasteiger partial charge in [-0.2, -0.15) is 0 Å². The Kier molecular flexibility index (Phi) is 3.83. The van der Waals surface area contributed by atoms with Gasteiger partial charge >= 0.3 is 0 Å². The fourth-order valence-electron chi connectivity index (χ4n) is 1.53. The molecule has 102 valence electrons. The Bertz CT molecular complexity index is 671. The molecule has 0 fully saturated rings. The summed E-state index contributed by atoms with van der Waals surface area (Å²) in [7, 11) is -3.95. The van der Waals surface area contributed by atoms with Gasteiger partial charge < -0.3 is 5.73 Å². The summed E-state index contributed by atoms with van der Waals surface area (Å²) >= 11 is 1.32. The van der Waals surface area contributed by atoms with Gasteiger partial charge in [0.15, 0.2) is 0 Å². The quantitative estimate of drug-likeness (QED) is 0.845. The van der Waals surface area contributed by atoms with Gasteiger partial charge in [0.25, 0.3) is 0 Å². The van der Waals surface area contributed by atoms with Gasteiger partial charge in [0.05, 0.1) is 6.04 Å². The number of rotatable bonds is 4. The minimum absolute atomic E-state index is 0.171. The van der Waals surface area contributed by atoms with E-state index < -0.39 is 26.8 Å². The zero-order chi connectivity index (χ0) is 14.0. The van der Waals surface area contributed by atoms with E-state index in [1.807, 2.05) is 0 Å². The van der Waals surface area contributed by atoms with Gasteiger partial charge in [-0.05, 0) is 25.1 Å². The molecule has 2 rings (SSSR count).